The van der Waals surface area contributed by atoms with Crippen LogP contribution < -0.4 is 4.74 Å². The van der Waals surface area contributed by atoms with E-state index in [0.29, 0.717) is 12.0 Å². The van der Waals surface area contributed by atoms with Crippen molar-refractivity contribution >= 4 is 10.9 Å². The van der Waals surface area contributed by atoms with Gasteiger partial charge < -0.3 is 14.8 Å². The molecule has 4 heteroatoms. The minimum Gasteiger partial charge on any atom is -0.496 e. The number of methoxy groups -OCH3 is 1. The van der Waals surface area contributed by atoms with E-state index in [-0.39, 0.29) is 6.61 Å². The van der Waals surface area contributed by atoms with Crippen LogP contribution in [0, 0.1) is 5.92 Å². The maximum Gasteiger partial charge on any atom is 0.128 e. The standard InChI is InChI=1S/C20H26N2O2/c1-3-13-12-22-9-7-15-19-16(5-4-6-18(19)24-2)21-20(15)17(22)11-14(13)8-10-23/h3-6,14,17,21,23H,7-12H2,1-2H3/b13-3+/t14-,17-/m0/s1. The fourth-order valence-electron chi connectivity index (χ4n) is 4.64. The molecule has 1 aromatic heterocycles. The molecule has 3 heterocycles. The minimum atomic E-state index is 0.266. The number of allylic oxidation sites excluding steroid dienone is 1. The van der Waals surface area contributed by atoms with Crippen molar-refractivity contribution < 1.29 is 9.84 Å². The summed E-state index contributed by atoms with van der Waals surface area (Å²) in [6.07, 6.45) is 5.26. The topological polar surface area (TPSA) is 48.5 Å². The number of H-pyrrole nitrogens is 1. The molecule has 1 aromatic carbocycles. The fraction of sp³-hybridized carbons (Fsp3) is 0.500. The average Bonchev–Trinajstić information content (AvgIpc) is 3.00. The Bertz CT molecular complexity index is 777. The lowest BCUT2D eigenvalue weighted by atomic mass is 9.80. The van der Waals surface area contributed by atoms with Gasteiger partial charge in [-0.3, -0.25) is 4.90 Å². The summed E-state index contributed by atoms with van der Waals surface area (Å²) in [6.45, 7) is 4.51. The maximum atomic E-state index is 9.44. The molecule has 0 amide bonds. The second-order valence-corrected chi connectivity index (χ2v) is 6.94. The van der Waals surface area contributed by atoms with Crippen LogP contribution in [0.3, 0.4) is 0 Å². The first-order valence-corrected chi connectivity index (χ1v) is 8.94. The van der Waals surface area contributed by atoms with Crippen molar-refractivity contribution in [1.29, 1.82) is 0 Å². The van der Waals surface area contributed by atoms with Crippen molar-refractivity contribution in [1.82, 2.24) is 9.88 Å². The van der Waals surface area contributed by atoms with Crippen molar-refractivity contribution in [3.63, 3.8) is 0 Å². The van der Waals surface area contributed by atoms with E-state index < -0.39 is 0 Å². The van der Waals surface area contributed by atoms with Crippen LogP contribution >= 0.6 is 0 Å². The molecular weight excluding hydrogens is 300 g/mol. The predicted molar refractivity (Wildman–Crippen MR) is 96.4 cm³/mol. The zero-order valence-electron chi connectivity index (χ0n) is 14.5. The van der Waals surface area contributed by atoms with Gasteiger partial charge in [-0.05, 0) is 49.8 Å². The van der Waals surface area contributed by atoms with E-state index in [1.54, 1.807) is 7.11 Å². The number of benzene rings is 1. The van der Waals surface area contributed by atoms with Gasteiger partial charge in [-0.1, -0.05) is 17.7 Å². The van der Waals surface area contributed by atoms with Crippen LogP contribution in [0.25, 0.3) is 10.9 Å². The highest BCUT2D eigenvalue weighted by atomic mass is 16.5. The third-order valence-corrected chi connectivity index (χ3v) is 5.83. The summed E-state index contributed by atoms with van der Waals surface area (Å²) < 4.78 is 5.61. The van der Waals surface area contributed by atoms with Gasteiger partial charge in [0, 0.05) is 36.3 Å². The highest BCUT2D eigenvalue weighted by molar-refractivity contribution is 5.91. The molecule has 0 aliphatic carbocycles. The van der Waals surface area contributed by atoms with Crippen molar-refractivity contribution in [2.45, 2.75) is 32.2 Å². The Morgan fingerprint density at radius 2 is 2.29 bits per heavy atom. The van der Waals surface area contributed by atoms with Gasteiger partial charge in [-0.15, -0.1) is 0 Å². The number of nitrogens with zero attached hydrogens (tertiary/aromatic N) is 1. The van der Waals surface area contributed by atoms with Gasteiger partial charge in [-0.2, -0.15) is 0 Å². The van der Waals surface area contributed by atoms with Crippen molar-refractivity contribution in [3.8, 4) is 5.75 Å². The molecule has 0 radical (unpaired) electrons. The Kier molecular flexibility index (Phi) is 4.10. The lowest BCUT2D eigenvalue weighted by Crippen LogP contribution is -2.42. The van der Waals surface area contributed by atoms with Gasteiger partial charge in [0.2, 0.25) is 0 Å². The second-order valence-electron chi connectivity index (χ2n) is 6.94. The Morgan fingerprint density at radius 1 is 1.42 bits per heavy atom. The van der Waals surface area contributed by atoms with Gasteiger partial charge in [0.25, 0.3) is 0 Å². The molecule has 2 N–H and O–H groups in total. The number of hydrogen-bond acceptors (Lipinski definition) is 3. The Morgan fingerprint density at radius 3 is 3.04 bits per heavy atom. The van der Waals surface area contributed by atoms with Gasteiger partial charge in [0.1, 0.15) is 5.75 Å². The van der Waals surface area contributed by atoms with E-state index >= 15 is 0 Å². The van der Waals surface area contributed by atoms with Crippen LogP contribution in [0.2, 0.25) is 0 Å². The smallest absolute Gasteiger partial charge is 0.128 e. The lowest BCUT2D eigenvalue weighted by Gasteiger charge is -2.43. The molecule has 0 unspecified atom stereocenters. The number of hydrogen-bond donors (Lipinski definition) is 2. The van der Waals surface area contributed by atoms with Crippen molar-refractivity contribution in [2.24, 2.45) is 5.92 Å². The molecule has 1 fully saturated rings. The van der Waals surface area contributed by atoms with E-state index in [1.807, 2.05) is 6.07 Å². The summed E-state index contributed by atoms with van der Waals surface area (Å²) in [5, 5.41) is 10.7. The maximum absolute atomic E-state index is 9.44. The highest BCUT2D eigenvalue weighted by Gasteiger charge is 2.37. The molecule has 128 valence electrons. The number of rotatable bonds is 3. The summed E-state index contributed by atoms with van der Waals surface area (Å²) in [6, 6.07) is 6.67. The van der Waals surface area contributed by atoms with E-state index in [4.69, 9.17) is 4.74 Å². The Balaban J connectivity index is 1.77. The number of ether oxygens (including phenoxy) is 1. The molecule has 2 atom stereocenters. The van der Waals surface area contributed by atoms with E-state index in [9.17, 15) is 5.11 Å². The third kappa shape index (κ3) is 2.36. The molecule has 4 rings (SSSR count). The minimum absolute atomic E-state index is 0.266. The monoisotopic (exact) mass is 326 g/mol. The fourth-order valence-corrected chi connectivity index (χ4v) is 4.64. The molecule has 1 saturated heterocycles. The molecular formula is C20H26N2O2. The molecule has 2 aromatic rings. The number of fused-ring (bicyclic) bond motifs is 5. The summed E-state index contributed by atoms with van der Waals surface area (Å²) in [7, 11) is 1.75. The van der Waals surface area contributed by atoms with Crippen molar-refractivity contribution in [3.05, 3.63) is 41.1 Å². The van der Waals surface area contributed by atoms with Gasteiger partial charge in [-0.25, -0.2) is 0 Å². The molecule has 0 spiro atoms. The van der Waals surface area contributed by atoms with Crippen LogP contribution in [0.5, 0.6) is 5.75 Å². The SMILES string of the molecule is C/C=C1\CN2CCc3c([nH]c4cccc(OC)c34)[C@@H]2C[C@@H]1CCO. The van der Waals surface area contributed by atoms with Gasteiger partial charge in [0.05, 0.1) is 13.2 Å². The molecule has 0 saturated carbocycles. The first-order valence-electron chi connectivity index (χ1n) is 8.94. The van der Waals surface area contributed by atoms with Crippen LogP contribution in [-0.2, 0) is 6.42 Å². The molecule has 4 nitrogen and oxygen atoms in total. The summed E-state index contributed by atoms with van der Waals surface area (Å²) in [5.74, 6) is 1.45. The molecule has 2 aliphatic rings. The molecule has 2 aliphatic heterocycles. The Labute approximate surface area is 143 Å². The van der Waals surface area contributed by atoms with E-state index in [0.717, 1.165) is 38.1 Å². The van der Waals surface area contributed by atoms with Crippen LogP contribution in [0.1, 0.15) is 37.1 Å². The van der Waals surface area contributed by atoms with Crippen LogP contribution in [0.4, 0.5) is 0 Å². The quantitative estimate of drug-likeness (QED) is 0.850. The lowest BCUT2D eigenvalue weighted by molar-refractivity contribution is 0.126. The summed E-state index contributed by atoms with van der Waals surface area (Å²) in [5.41, 5.74) is 5.45. The number of aliphatic hydroxyl groups excluding tert-OH is 1. The van der Waals surface area contributed by atoms with Gasteiger partial charge in [0.15, 0.2) is 0 Å². The normalized spacial score (nSPS) is 25.7. The number of aliphatic hydroxyl groups is 1. The van der Waals surface area contributed by atoms with Crippen molar-refractivity contribution in [2.75, 3.05) is 26.8 Å². The number of piperidine rings is 1. The second kappa shape index (κ2) is 6.26. The zero-order chi connectivity index (χ0) is 16.7. The van der Waals surface area contributed by atoms with Gasteiger partial charge >= 0.3 is 0 Å². The summed E-state index contributed by atoms with van der Waals surface area (Å²) in [4.78, 5) is 6.27. The Hall–Kier alpha value is -1.78. The van der Waals surface area contributed by atoms with Crippen LogP contribution in [0.15, 0.2) is 29.8 Å². The largest absolute Gasteiger partial charge is 0.496 e. The number of aromatic nitrogens is 1. The highest BCUT2D eigenvalue weighted by Crippen LogP contribution is 2.45. The molecule has 0 bridgehead atoms. The predicted octanol–water partition coefficient (Wildman–Crippen LogP) is 3.42. The first-order chi connectivity index (χ1) is 11.8. The summed E-state index contributed by atoms with van der Waals surface area (Å²) >= 11 is 0. The third-order valence-electron chi connectivity index (χ3n) is 5.83. The van der Waals surface area contributed by atoms with Crippen LogP contribution in [-0.4, -0.2) is 41.8 Å². The number of aromatic amines is 1. The first kappa shape index (κ1) is 15.7. The molecule has 24 heavy (non-hydrogen) atoms. The van der Waals surface area contributed by atoms with E-state index in [2.05, 4.69) is 35.0 Å². The van der Waals surface area contributed by atoms with E-state index in [1.165, 1.54) is 27.7 Å². The average molecular weight is 326 g/mol. The zero-order valence-corrected chi connectivity index (χ0v) is 14.5. The number of nitrogens with one attached hydrogen (secondary N) is 1.